The number of aryl methyl sites for hydroxylation is 1. The Hall–Kier alpha value is -2.05. The molecule has 2 aromatic rings. The summed E-state index contributed by atoms with van der Waals surface area (Å²) >= 11 is 6.06. The van der Waals surface area contributed by atoms with Gasteiger partial charge in [-0.05, 0) is 39.2 Å². The molecular weight excluding hydrogens is 314 g/mol. The Bertz CT molecular complexity index is 663. The molecule has 2 rings (SSSR count). The maximum atomic E-state index is 6.06. The Balaban J connectivity index is 2.17. The molecule has 1 aromatic heterocycles. The smallest absolute Gasteiger partial charge is 0.224 e. The molecule has 0 spiro atoms. The second-order valence-electron chi connectivity index (χ2n) is 5.42. The van der Waals surface area contributed by atoms with Crippen LogP contribution in [0.2, 0.25) is 5.02 Å². The molecule has 0 radical (unpaired) electrons. The van der Waals surface area contributed by atoms with Crippen molar-refractivity contribution in [3.05, 3.63) is 35.0 Å². The first-order chi connectivity index (χ1) is 11.0. The van der Waals surface area contributed by atoms with E-state index < -0.39 is 0 Å². The van der Waals surface area contributed by atoms with Crippen molar-refractivity contribution in [3.63, 3.8) is 0 Å². The SMILES string of the molecule is COc1ccc(Cl)cc1Nc1cc(C)nc(NCCN(C)C)n1. The highest BCUT2D eigenvalue weighted by atomic mass is 35.5. The van der Waals surface area contributed by atoms with Crippen LogP contribution >= 0.6 is 11.6 Å². The average Bonchev–Trinajstić information content (AvgIpc) is 2.46. The number of hydrogen-bond donors (Lipinski definition) is 2. The Labute approximate surface area is 141 Å². The number of benzene rings is 1. The molecule has 0 amide bonds. The van der Waals surface area contributed by atoms with E-state index in [-0.39, 0.29) is 0 Å². The third-order valence-corrected chi connectivity index (χ3v) is 3.36. The van der Waals surface area contributed by atoms with Gasteiger partial charge in [0.2, 0.25) is 5.95 Å². The topological polar surface area (TPSA) is 62.3 Å². The van der Waals surface area contributed by atoms with Gasteiger partial charge < -0.3 is 20.3 Å². The van der Waals surface area contributed by atoms with E-state index in [4.69, 9.17) is 16.3 Å². The predicted octanol–water partition coefficient (Wildman–Crippen LogP) is 3.16. The molecule has 0 saturated heterocycles. The standard InChI is InChI=1S/C16H22ClN5O/c1-11-9-15(21-16(19-11)18-7-8-22(2)3)20-13-10-12(17)5-6-14(13)23-4/h5-6,9-10H,7-8H2,1-4H3,(H2,18,19,20,21). The van der Waals surface area contributed by atoms with E-state index >= 15 is 0 Å². The van der Waals surface area contributed by atoms with Crippen molar-refractivity contribution in [1.82, 2.24) is 14.9 Å². The minimum Gasteiger partial charge on any atom is -0.495 e. The molecule has 0 saturated carbocycles. The van der Waals surface area contributed by atoms with Crippen molar-refractivity contribution in [2.24, 2.45) is 0 Å². The fourth-order valence-corrected chi connectivity index (χ4v) is 2.19. The molecule has 0 atom stereocenters. The minimum absolute atomic E-state index is 0.593. The van der Waals surface area contributed by atoms with Crippen molar-refractivity contribution in [1.29, 1.82) is 0 Å². The number of hydrogen-bond acceptors (Lipinski definition) is 6. The lowest BCUT2D eigenvalue weighted by Gasteiger charge is -2.14. The average molecular weight is 336 g/mol. The number of nitrogens with one attached hydrogen (secondary N) is 2. The summed E-state index contributed by atoms with van der Waals surface area (Å²) in [5.41, 5.74) is 1.63. The summed E-state index contributed by atoms with van der Waals surface area (Å²) in [7, 11) is 5.67. The van der Waals surface area contributed by atoms with Crippen molar-refractivity contribution >= 4 is 29.1 Å². The largest absolute Gasteiger partial charge is 0.495 e. The number of halogens is 1. The summed E-state index contributed by atoms with van der Waals surface area (Å²) in [6.07, 6.45) is 0. The van der Waals surface area contributed by atoms with Crippen molar-refractivity contribution in [3.8, 4) is 5.75 Å². The lowest BCUT2D eigenvalue weighted by molar-refractivity contribution is 0.417. The summed E-state index contributed by atoms with van der Waals surface area (Å²) in [4.78, 5) is 11.0. The monoisotopic (exact) mass is 335 g/mol. The molecule has 7 heteroatoms. The Kier molecular flexibility index (Phi) is 6.01. The van der Waals surface area contributed by atoms with E-state index in [1.165, 1.54) is 0 Å². The number of nitrogens with zero attached hydrogens (tertiary/aromatic N) is 3. The normalized spacial score (nSPS) is 10.7. The first-order valence-corrected chi connectivity index (χ1v) is 7.70. The van der Waals surface area contributed by atoms with Crippen molar-refractivity contribution in [2.45, 2.75) is 6.92 Å². The maximum absolute atomic E-state index is 6.06. The molecule has 124 valence electrons. The molecule has 0 bridgehead atoms. The highest BCUT2D eigenvalue weighted by Crippen LogP contribution is 2.30. The second kappa shape index (κ2) is 7.99. The Morgan fingerprint density at radius 3 is 2.70 bits per heavy atom. The number of anilines is 3. The summed E-state index contributed by atoms with van der Waals surface area (Å²) < 4.78 is 5.34. The summed E-state index contributed by atoms with van der Waals surface area (Å²) in [5.74, 6) is 1.98. The van der Waals surface area contributed by atoms with Gasteiger partial charge in [0.05, 0.1) is 12.8 Å². The maximum Gasteiger partial charge on any atom is 0.224 e. The van der Waals surface area contributed by atoms with Crippen LogP contribution < -0.4 is 15.4 Å². The number of aromatic nitrogens is 2. The quantitative estimate of drug-likeness (QED) is 0.810. The molecule has 23 heavy (non-hydrogen) atoms. The van der Waals surface area contributed by atoms with Gasteiger partial charge in [-0.1, -0.05) is 11.6 Å². The van der Waals surface area contributed by atoms with E-state index in [0.29, 0.717) is 22.5 Å². The molecule has 0 aliphatic rings. The van der Waals surface area contributed by atoms with Gasteiger partial charge >= 0.3 is 0 Å². The fourth-order valence-electron chi connectivity index (χ4n) is 2.02. The van der Waals surface area contributed by atoms with Gasteiger partial charge in [0.1, 0.15) is 11.6 Å². The molecule has 1 heterocycles. The van der Waals surface area contributed by atoms with Crippen LogP contribution in [0.25, 0.3) is 0 Å². The van der Waals surface area contributed by atoms with Crippen LogP contribution in [0.5, 0.6) is 5.75 Å². The molecule has 0 fully saturated rings. The lowest BCUT2D eigenvalue weighted by atomic mass is 10.3. The van der Waals surface area contributed by atoms with E-state index in [1.54, 1.807) is 19.2 Å². The number of methoxy groups -OCH3 is 1. The molecule has 6 nitrogen and oxygen atoms in total. The van der Waals surface area contributed by atoms with E-state index in [2.05, 4.69) is 25.5 Å². The predicted molar refractivity (Wildman–Crippen MR) is 95.1 cm³/mol. The Morgan fingerprint density at radius 1 is 1.22 bits per heavy atom. The fraction of sp³-hybridized carbons (Fsp3) is 0.375. The minimum atomic E-state index is 0.593. The third kappa shape index (κ3) is 5.26. The summed E-state index contributed by atoms with van der Waals surface area (Å²) in [6.45, 7) is 3.61. The van der Waals surface area contributed by atoms with Gasteiger partial charge in [-0.2, -0.15) is 4.98 Å². The molecule has 0 unspecified atom stereocenters. The van der Waals surface area contributed by atoms with Crippen LogP contribution in [0.4, 0.5) is 17.5 Å². The number of likely N-dealkylation sites (N-methyl/N-ethyl adjacent to an activating group) is 1. The van der Waals surface area contributed by atoms with Crippen LogP contribution in [0.1, 0.15) is 5.69 Å². The summed E-state index contributed by atoms with van der Waals surface area (Å²) in [5, 5.41) is 7.08. The van der Waals surface area contributed by atoms with Crippen LogP contribution in [0, 0.1) is 6.92 Å². The van der Waals surface area contributed by atoms with Crippen LogP contribution in [0.3, 0.4) is 0 Å². The van der Waals surface area contributed by atoms with Crippen LogP contribution in [0.15, 0.2) is 24.3 Å². The zero-order valence-electron chi connectivity index (χ0n) is 13.9. The highest BCUT2D eigenvalue weighted by Gasteiger charge is 2.07. The molecule has 0 aliphatic carbocycles. The first kappa shape index (κ1) is 17.3. The zero-order valence-corrected chi connectivity index (χ0v) is 14.6. The Morgan fingerprint density at radius 2 is 2.00 bits per heavy atom. The third-order valence-electron chi connectivity index (χ3n) is 3.12. The second-order valence-corrected chi connectivity index (χ2v) is 5.85. The van der Waals surface area contributed by atoms with Gasteiger partial charge in [-0.3, -0.25) is 0 Å². The van der Waals surface area contributed by atoms with Crippen LogP contribution in [-0.4, -0.2) is 49.2 Å². The molecule has 0 aliphatic heterocycles. The van der Waals surface area contributed by atoms with E-state index in [0.717, 1.165) is 24.5 Å². The molecular formula is C16H22ClN5O. The van der Waals surface area contributed by atoms with E-state index in [9.17, 15) is 0 Å². The number of ether oxygens (including phenoxy) is 1. The summed E-state index contributed by atoms with van der Waals surface area (Å²) in [6, 6.07) is 7.27. The van der Waals surface area contributed by atoms with Gasteiger partial charge in [-0.15, -0.1) is 0 Å². The van der Waals surface area contributed by atoms with Gasteiger partial charge in [0.25, 0.3) is 0 Å². The van der Waals surface area contributed by atoms with Gasteiger partial charge in [0, 0.05) is 29.9 Å². The molecule has 2 N–H and O–H groups in total. The lowest BCUT2D eigenvalue weighted by Crippen LogP contribution is -2.21. The molecule has 1 aromatic carbocycles. The van der Waals surface area contributed by atoms with E-state index in [1.807, 2.05) is 33.2 Å². The van der Waals surface area contributed by atoms with Gasteiger partial charge in [-0.25, -0.2) is 4.98 Å². The number of rotatable bonds is 7. The van der Waals surface area contributed by atoms with Crippen molar-refractivity contribution < 1.29 is 4.74 Å². The highest BCUT2D eigenvalue weighted by molar-refractivity contribution is 6.31. The van der Waals surface area contributed by atoms with Crippen LogP contribution in [-0.2, 0) is 0 Å². The first-order valence-electron chi connectivity index (χ1n) is 7.33. The zero-order chi connectivity index (χ0) is 16.8. The van der Waals surface area contributed by atoms with Crippen molar-refractivity contribution in [2.75, 3.05) is 44.9 Å². The van der Waals surface area contributed by atoms with Gasteiger partial charge in [0.15, 0.2) is 0 Å².